The van der Waals surface area contributed by atoms with Crippen LogP contribution in [0.1, 0.15) is 45.6 Å². The predicted octanol–water partition coefficient (Wildman–Crippen LogP) is 4.24. The van der Waals surface area contributed by atoms with Gasteiger partial charge < -0.3 is 5.73 Å². The molecule has 0 amide bonds. The molecule has 1 aliphatic carbocycles. The Kier molecular flexibility index (Phi) is 3.09. The van der Waals surface area contributed by atoms with Gasteiger partial charge in [-0.15, -0.1) is 0 Å². The zero-order chi connectivity index (χ0) is 14.4. The second kappa shape index (κ2) is 4.56. The third kappa shape index (κ3) is 2.45. The van der Waals surface area contributed by atoms with E-state index in [-0.39, 0.29) is 5.54 Å². The van der Waals surface area contributed by atoms with Crippen LogP contribution < -0.4 is 5.73 Å². The molecule has 0 radical (unpaired) electrons. The number of hydrogen-bond donors (Lipinski definition) is 1. The van der Waals surface area contributed by atoms with Gasteiger partial charge in [0.15, 0.2) is 0 Å². The molecule has 20 heavy (non-hydrogen) atoms. The van der Waals surface area contributed by atoms with Crippen LogP contribution >= 0.6 is 0 Å². The van der Waals surface area contributed by atoms with E-state index in [0.29, 0.717) is 11.3 Å². The van der Waals surface area contributed by atoms with Crippen LogP contribution in [-0.4, -0.2) is 4.98 Å². The summed E-state index contributed by atoms with van der Waals surface area (Å²) in [4.78, 5) is 4.59. The van der Waals surface area contributed by atoms with Crippen molar-refractivity contribution < 1.29 is 0 Å². The lowest BCUT2D eigenvalue weighted by Gasteiger charge is -2.45. The van der Waals surface area contributed by atoms with E-state index in [1.165, 1.54) is 17.4 Å². The van der Waals surface area contributed by atoms with Gasteiger partial charge in [0.1, 0.15) is 0 Å². The summed E-state index contributed by atoms with van der Waals surface area (Å²) in [6, 6.07) is 10.5. The highest BCUT2D eigenvalue weighted by Crippen LogP contribution is 2.47. The molecule has 1 saturated carbocycles. The maximum absolute atomic E-state index is 6.80. The number of hydrogen-bond acceptors (Lipinski definition) is 2. The summed E-state index contributed by atoms with van der Waals surface area (Å²) < 4.78 is 0. The van der Waals surface area contributed by atoms with Crippen LogP contribution in [0.2, 0.25) is 0 Å². The lowest BCUT2D eigenvalue weighted by Crippen LogP contribution is -2.46. The minimum Gasteiger partial charge on any atom is -0.321 e. The summed E-state index contributed by atoms with van der Waals surface area (Å²) in [6.45, 7) is 6.98. The molecule has 0 aliphatic heterocycles. The predicted molar refractivity (Wildman–Crippen MR) is 84.4 cm³/mol. The Morgan fingerprint density at radius 3 is 2.70 bits per heavy atom. The summed E-state index contributed by atoms with van der Waals surface area (Å²) in [5.41, 5.74) is 9.10. The number of nitrogens with zero attached hydrogens (tertiary/aromatic N) is 1. The van der Waals surface area contributed by atoms with Crippen molar-refractivity contribution in [3.8, 4) is 0 Å². The average Bonchev–Trinajstić information content (AvgIpc) is 2.35. The number of rotatable bonds is 1. The Balaban J connectivity index is 2.04. The highest BCUT2D eigenvalue weighted by molar-refractivity contribution is 5.79. The molecule has 3 rings (SSSR count). The minimum absolute atomic E-state index is 0.238. The Labute approximate surface area is 121 Å². The number of nitrogens with two attached hydrogens (primary N) is 1. The molecule has 0 saturated heterocycles. The van der Waals surface area contributed by atoms with Crippen molar-refractivity contribution in [2.24, 2.45) is 17.1 Å². The van der Waals surface area contributed by atoms with Crippen LogP contribution in [0, 0.1) is 11.3 Å². The fourth-order valence-corrected chi connectivity index (χ4v) is 4.20. The molecule has 2 nitrogen and oxygen atoms in total. The summed E-state index contributed by atoms with van der Waals surface area (Å²) >= 11 is 0. The van der Waals surface area contributed by atoms with Gasteiger partial charge in [0.05, 0.1) is 5.52 Å². The maximum atomic E-state index is 6.80. The molecular formula is C18H24N2. The molecule has 106 valence electrons. The van der Waals surface area contributed by atoms with Gasteiger partial charge in [-0.2, -0.15) is 0 Å². The van der Waals surface area contributed by atoms with E-state index in [4.69, 9.17) is 5.73 Å². The summed E-state index contributed by atoms with van der Waals surface area (Å²) in [5, 5.41) is 1.19. The second-order valence-corrected chi connectivity index (χ2v) is 7.43. The van der Waals surface area contributed by atoms with Crippen LogP contribution in [0.25, 0.3) is 10.9 Å². The number of aromatic nitrogens is 1. The third-order valence-corrected chi connectivity index (χ3v) is 4.57. The number of para-hydroxylation sites is 1. The quantitative estimate of drug-likeness (QED) is 0.840. The fraction of sp³-hybridized carbons (Fsp3) is 0.500. The van der Waals surface area contributed by atoms with E-state index in [1.807, 2.05) is 12.3 Å². The highest BCUT2D eigenvalue weighted by Gasteiger charge is 2.41. The molecule has 1 heterocycles. The van der Waals surface area contributed by atoms with Gasteiger partial charge >= 0.3 is 0 Å². The largest absolute Gasteiger partial charge is 0.321 e. The van der Waals surface area contributed by atoms with Crippen molar-refractivity contribution in [1.29, 1.82) is 0 Å². The van der Waals surface area contributed by atoms with Crippen LogP contribution in [0.4, 0.5) is 0 Å². The Morgan fingerprint density at radius 1 is 1.20 bits per heavy atom. The normalized spacial score (nSPS) is 29.5. The standard InChI is InChI=1S/C18H24N2/c1-13-9-17(2,3)12-18(19,10-13)15-8-14-6-4-5-7-16(14)20-11-15/h4-8,11,13H,9-10,12,19H2,1-3H3. The molecule has 2 aromatic rings. The molecular weight excluding hydrogens is 244 g/mol. The zero-order valence-corrected chi connectivity index (χ0v) is 12.7. The average molecular weight is 268 g/mol. The lowest BCUT2D eigenvalue weighted by molar-refractivity contribution is 0.107. The topological polar surface area (TPSA) is 38.9 Å². The van der Waals surface area contributed by atoms with Gasteiger partial charge in [0.25, 0.3) is 0 Å². The maximum Gasteiger partial charge on any atom is 0.0702 e. The molecule has 1 aliphatic rings. The smallest absolute Gasteiger partial charge is 0.0702 e. The molecule has 2 atom stereocenters. The summed E-state index contributed by atoms with van der Waals surface area (Å²) in [7, 11) is 0. The first-order valence-electron chi connectivity index (χ1n) is 7.52. The van der Waals surface area contributed by atoms with Crippen molar-refractivity contribution in [3.63, 3.8) is 0 Å². The first-order valence-corrected chi connectivity index (χ1v) is 7.52. The first-order chi connectivity index (χ1) is 9.38. The summed E-state index contributed by atoms with van der Waals surface area (Å²) in [6.07, 6.45) is 5.32. The Hall–Kier alpha value is -1.41. The van der Waals surface area contributed by atoms with E-state index in [0.717, 1.165) is 18.4 Å². The Bertz CT molecular complexity index is 632. The molecule has 1 aromatic carbocycles. The molecule has 0 spiro atoms. The van der Waals surface area contributed by atoms with Gasteiger partial charge in [-0.3, -0.25) is 4.98 Å². The molecule has 2 N–H and O–H groups in total. The summed E-state index contributed by atoms with van der Waals surface area (Å²) in [5.74, 6) is 0.662. The van der Waals surface area contributed by atoms with Crippen LogP contribution in [-0.2, 0) is 5.54 Å². The van der Waals surface area contributed by atoms with Crippen molar-refractivity contribution in [1.82, 2.24) is 4.98 Å². The van der Waals surface area contributed by atoms with Gasteiger partial charge in [-0.1, -0.05) is 39.0 Å². The molecule has 2 unspecified atom stereocenters. The van der Waals surface area contributed by atoms with Crippen molar-refractivity contribution >= 4 is 10.9 Å². The van der Waals surface area contributed by atoms with E-state index in [2.05, 4.69) is 50.0 Å². The highest BCUT2D eigenvalue weighted by atomic mass is 14.8. The number of benzene rings is 1. The minimum atomic E-state index is -0.238. The molecule has 0 bridgehead atoms. The van der Waals surface area contributed by atoms with Gasteiger partial charge in [0, 0.05) is 17.1 Å². The fourth-order valence-electron chi connectivity index (χ4n) is 4.20. The Morgan fingerprint density at radius 2 is 1.95 bits per heavy atom. The second-order valence-electron chi connectivity index (χ2n) is 7.43. The molecule has 1 fully saturated rings. The van der Waals surface area contributed by atoms with Gasteiger partial charge in [-0.05, 0) is 48.3 Å². The third-order valence-electron chi connectivity index (χ3n) is 4.57. The van der Waals surface area contributed by atoms with Crippen LogP contribution in [0.5, 0.6) is 0 Å². The van der Waals surface area contributed by atoms with Crippen LogP contribution in [0.15, 0.2) is 36.5 Å². The monoisotopic (exact) mass is 268 g/mol. The van der Waals surface area contributed by atoms with Crippen LogP contribution in [0.3, 0.4) is 0 Å². The zero-order valence-electron chi connectivity index (χ0n) is 12.7. The van der Waals surface area contributed by atoms with E-state index >= 15 is 0 Å². The molecule has 2 heteroatoms. The van der Waals surface area contributed by atoms with Crippen molar-refractivity contribution in [2.45, 2.75) is 45.6 Å². The van der Waals surface area contributed by atoms with E-state index < -0.39 is 0 Å². The van der Waals surface area contributed by atoms with E-state index in [1.54, 1.807) is 0 Å². The van der Waals surface area contributed by atoms with E-state index in [9.17, 15) is 0 Å². The number of pyridine rings is 1. The first kappa shape index (κ1) is 13.6. The van der Waals surface area contributed by atoms with Crippen molar-refractivity contribution in [3.05, 3.63) is 42.1 Å². The molecule has 1 aromatic heterocycles. The SMILES string of the molecule is CC1CC(C)(C)CC(N)(c2cnc3ccccc3c2)C1. The lowest BCUT2D eigenvalue weighted by atomic mass is 9.63. The van der Waals surface area contributed by atoms with Gasteiger partial charge in [-0.25, -0.2) is 0 Å². The number of fused-ring (bicyclic) bond motifs is 1. The van der Waals surface area contributed by atoms with Gasteiger partial charge in [0.2, 0.25) is 0 Å². The van der Waals surface area contributed by atoms with Crippen molar-refractivity contribution in [2.75, 3.05) is 0 Å².